The summed E-state index contributed by atoms with van der Waals surface area (Å²) in [6.45, 7) is 0. The molecule has 0 radical (unpaired) electrons. The molecule has 4 aromatic rings. The summed E-state index contributed by atoms with van der Waals surface area (Å²) in [5.74, 6) is -0.506. The number of anilines is 1. The number of aromatic nitrogens is 3. The van der Waals surface area contributed by atoms with Crippen LogP contribution >= 0.6 is 23.2 Å². The predicted molar refractivity (Wildman–Crippen MR) is 111 cm³/mol. The van der Waals surface area contributed by atoms with Gasteiger partial charge in [0.2, 0.25) is 5.82 Å². The summed E-state index contributed by atoms with van der Waals surface area (Å²) in [4.78, 5) is 17.1. The number of benzene rings is 3. The minimum absolute atomic E-state index is 0.0424. The van der Waals surface area contributed by atoms with Crippen molar-refractivity contribution < 1.29 is 9.18 Å². The molecular weight excluding hydrogens is 414 g/mol. The van der Waals surface area contributed by atoms with E-state index in [1.165, 1.54) is 22.9 Å². The monoisotopic (exact) mass is 426 g/mol. The molecule has 0 spiro atoms. The summed E-state index contributed by atoms with van der Waals surface area (Å²) in [5, 5.41) is 7.76. The van der Waals surface area contributed by atoms with E-state index >= 15 is 0 Å². The van der Waals surface area contributed by atoms with E-state index in [2.05, 4.69) is 15.4 Å². The molecule has 0 aliphatic heterocycles. The molecule has 3 aromatic carbocycles. The highest BCUT2D eigenvalue weighted by Crippen LogP contribution is 2.26. The smallest absolute Gasteiger partial charge is 0.295 e. The van der Waals surface area contributed by atoms with Crippen LogP contribution in [0.3, 0.4) is 0 Å². The molecule has 4 rings (SSSR count). The fourth-order valence-electron chi connectivity index (χ4n) is 2.70. The number of nitrogens with zero attached hydrogens (tertiary/aromatic N) is 3. The summed E-state index contributed by atoms with van der Waals surface area (Å²) in [7, 11) is 0. The number of carbonyl (C=O) groups excluding carboxylic acids is 1. The Bertz CT molecular complexity index is 1180. The average Bonchev–Trinajstić information content (AvgIpc) is 3.18. The van der Waals surface area contributed by atoms with Crippen molar-refractivity contribution in [2.45, 2.75) is 0 Å². The van der Waals surface area contributed by atoms with Crippen molar-refractivity contribution >= 4 is 34.8 Å². The highest BCUT2D eigenvalue weighted by Gasteiger charge is 2.19. The van der Waals surface area contributed by atoms with Crippen molar-refractivity contribution in [2.75, 3.05) is 5.32 Å². The molecule has 0 saturated carbocycles. The van der Waals surface area contributed by atoms with Crippen LogP contribution in [0.1, 0.15) is 10.6 Å². The van der Waals surface area contributed by atoms with Gasteiger partial charge in [0.1, 0.15) is 5.82 Å². The van der Waals surface area contributed by atoms with Gasteiger partial charge in [0.15, 0.2) is 5.82 Å². The van der Waals surface area contributed by atoms with Crippen molar-refractivity contribution in [2.24, 2.45) is 0 Å². The van der Waals surface area contributed by atoms with Gasteiger partial charge in [-0.05, 0) is 54.6 Å². The van der Waals surface area contributed by atoms with Crippen molar-refractivity contribution in [3.05, 3.63) is 94.5 Å². The average molecular weight is 427 g/mol. The van der Waals surface area contributed by atoms with Gasteiger partial charge < -0.3 is 5.32 Å². The van der Waals surface area contributed by atoms with Crippen LogP contribution in [0.4, 0.5) is 10.1 Å². The molecule has 0 unspecified atom stereocenters. The molecule has 5 nitrogen and oxygen atoms in total. The summed E-state index contributed by atoms with van der Waals surface area (Å²) in [6.07, 6.45) is 0. The van der Waals surface area contributed by atoms with Crippen LogP contribution in [0.2, 0.25) is 10.0 Å². The first-order chi connectivity index (χ1) is 14.0. The Morgan fingerprint density at radius 1 is 0.931 bits per heavy atom. The molecule has 1 N–H and O–H groups in total. The SMILES string of the molecule is O=C(Nc1ccc(Cl)c(Cl)c1)c1nc(-c2ccc(F)cc2)n(-c2ccccc2)n1. The Balaban J connectivity index is 1.73. The number of carbonyl (C=O) groups is 1. The molecule has 144 valence electrons. The van der Waals surface area contributed by atoms with Crippen molar-refractivity contribution in [3.63, 3.8) is 0 Å². The van der Waals surface area contributed by atoms with Crippen molar-refractivity contribution in [1.82, 2.24) is 14.8 Å². The Hall–Kier alpha value is -3.22. The minimum Gasteiger partial charge on any atom is -0.319 e. The first-order valence-corrected chi connectivity index (χ1v) is 9.32. The fraction of sp³-hybridized carbons (Fsp3) is 0. The number of rotatable bonds is 4. The number of hydrogen-bond acceptors (Lipinski definition) is 3. The van der Waals surface area contributed by atoms with E-state index in [4.69, 9.17) is 23.2 Å². The lowest BCUT2D eigenvalue weighted by atomic mass is 10.2. The molecule has 0 aliphatic rings. The molecule has 0 atom stereocenters. The summed E-state index contributed by atoms with van der Waals surface area (Å²) in [6, 6.07) is 19.8. The van der Waals surface area contributed by atoms with E-state index in [-0.39, 0.29) is 11.6 Å². The molecule has 0 saturated heterocycles. The summed E-state index contributed by atoms with van der Waals surface area (Å²) in [5.41, 5.74) is 1.80. The van der Waals surface area contributed by atoms with Crippen LogP contribution in [0.25, 0.3) is 17.1 Å². The molecule has 29 heavy (non-hydrogen) atoms. The Labute approximate surface area is 175 Å². The van der Waals surface area contributed by atoms with E-state index in [0.29, 0.717) is 32.8 Å². The van der Waals surface area contributed by atoms with E-state index in [1.807, 2.05) is 30.3 Å². The lowest BCUT2D eigenvalue weighted by Crippen LogP contribution is -2.14. The van der Waals surface area contributed by atoms with Crippen LogP contribution < -0.4 is 5.32 Å². The lowest BCUT2D eigenvalue weighted by Gasteiger charge is -2.05. The maximum absolute atomic E-state index is 13.3. The molecule has 1 heterocycles. The largest absolute Gasteiger partial charge is 0.319 e. The number of nitrogens with one attached hydrogen (secondary N) is 1. The Morgan fingerprint density at radius 2 is 1.66 bits per heavy atom. The van der Waals surface area contributed by atoms with Gasteiger partial charge in [0.05, 0.1) is 15.7 Å². The standard InChI is InChI=1S/C21H13Cl2FN4O/c22-17-11-10-15(12-18(17)23)25-21(29)19-26-20(13-6-8-14(24)9-7-13)28(27-19)16-4-2-1-3-5-16/h1-12H,(H,25,29). The lowest BCUT2D eigenvalue weighted by molar-refractivity contribution is 0.101. The number of para-hydroxylation sites is 1. The van der Waals surface area contributed by atoms with Crippen LogP contribution in [0.5, 0.6) is 0 Å². The molecule has 0 fully saturated rings. The Morgan fingerprint density at radius 3 is 2.34 bits per heavy atom. The predicted octanol–water partition coefficient (Wildman–Crippen LogP) is 5.63. The van der Waals surface area contributed by atoms with Gasteiger partial charge >= 0.3 is 0 Å². The van der Waals surface area contributed by atoms with Crippen molar-refractivity contribution in [3.8, 4) is 17.1 Å². The van der Waals surface area contributed by atoms with Gasteiger partial charge in [0.25, 0.3) is 5.91 Å². The zero-order valence-electron chi connectivity index (χ0n) is 14.8. The number of halogens is 3. The molecule has 1 aromatic heterocycles. The van der Waals surface area contributed by atoms with Gasteiger partial charge in [-0.25, -0.2) is 14.1 Å². The normalized spacial score (nSPS) is 10.7. The minimum atomic E-state index is -0.513. The van der Waals surface area contributed by atoms with E-state index in [1.54, 1.807) is 24.3 Å². The van der Waals surface area contributed by atoms with E-state index < -0.39 is 5.91 Å². The first kappa shape index (κ1) is 19.1. The van der Waals surface area contributed by atoms with Gasteiger partial charge in [-0.2, -0.15) is 0 Å². The highest BCUT2D eigenvalue weighted by molar-refractivity contribution is 6.42. The van der Waals surface area contributed by atoms with Crippen LogP contribution in [-0.2, 0) is 0 Å². The molecular formula is C21H13Cl2FN4O. The number of amides is 1. The van der Waals surface area contributed by atoms with Crippen molar-refractivity contribution in [1.29, 1.82) is 0 Å². The molecule has 1 amide bonds. The summed E-state index contributed by atoms with van der Waals surface area (Å²) < 4.78 is 14.9. The van der Waals surface area contributed by atoms with Gasteiger partial charge in [-0.1, -0.05) is 41.4 Å². The second-order valence-corrected chi connectivity index (χ2v) is 6.91. The second kappa shape index (κ2) is 8.03. The van der Waals surface area contributed by atoms with E-state index in [0.717, 1.165) is 0 Å². The van der Waals surface area contributed by atoms with Gasteiger partial charge in [-0.15, -0.1) is 5.10 Å². The van der Waals surface area contributed by atoms with Crippen LogP contribution in [0, 0.1) is 5.82 Å². The third kappa shape index (κ3) is 4.13. The van der Waals surface area contributed by atoms with Crippen LogP contribution in [-0.4, -0.2) is 20.7 Å². The molecule has 0 aliphatic carbocycles. The van der Waals surface area contributed by atoms with Crippen LogP contribution in [0.15, 0.2) is 72.8 Å². The first-order valence-electron chi connectivity index (χ1n) is 8.56. The van der Waals surface area contributed by atoms with Gasteiger partial charge in [-0.3, -0.25) is 4.79 Å². The third-order valence-electron chi connectivity index (χ3n) is 4.09. The second-order valence-electron chi connectivity index (χ2n) is 6.10. The zero-order chi connectivity index (χ0) is 20.4. The maximum Gasteiger partial charge on any atom is 0.295 e. The highest BCUT2D eigenvalue weighted by atomic mass is 35.5. The topological polar surface area (TPSA) is 59.8 Å². The number of hydrogen-bond donors (Lipinski definition) is 1. The van der Waals surface area contributed by atoms with Gasteiger partial charge in [0, 0.05) is 11.3 Å². The summed E-state index contributed by atoms with van der Waals surface area (Å²) >= 11 is 11.9. The fourth-order valence-corrected chi connectivity index (χ4v) is 3.00. The zero-order valence-corrected chi connectivity index (χ0v) is 16.3. The quantitative estimate of drug-likeness (QED) is 0.459. The Kier molecular flexibility index (Phi) is 5.29. The maximum atomic E-state index is 13.3. The third-order valence-corrected chi connectivity index (χ3v) is 4.83. The molecule has 8 heteroatoms. The molecule has 0 bridgehead atoms. The van der Waals surface area contributed by atoms with E-state index in [9.17, 15) is 9.18 Å².